The standard InChI is InChI=1S/C12H18N4O2/c1-7-6-10(11(17)18)16-12(14-7)15-9-5-3-2-4-8(9)13/h6,8-9H,2-5,13H2,1H3,(H,17,18)(H,14,15,16). The Bertz CT molecular complexity index is 450. The summed E-state index contributed by atoms with van der Waals surface area (Å²) in [7, 11) is 0. The quantitative estimate of drug-likeness (QED) is 0.744. The van der Waals surface area contributed by atoms with Gasteiger partial charge in [0, 0.05) is 17.8 Å². The number of carbonyl (C=O) groups is 1. The lowest BCUT2D eigenvalue weighted by Crippen LogP contribution is -2.43. The number of nitrogens with one attached hydrogen (secondary N) is 1. The topological polar surface area (TPSA) is 101 Å². The van der Waals surface area contributed by atoms with Crippen molar-refractivity contribution >= 4 is 11.9 Å². The third-order valence-electron chi connectivity index (χ3n) is 3.21. The summed E-state index contributed by atoms with van der Waals surface area (Å²) in [4.78, 5) is 19.1. The van der Waals surface area contributed by atoms with Crippen LogP contribution in [0.2, 0.25) is 0 Å². The van der Waals surface area contributed by atoms with Crippen LogP contribution in [0.3, 0.4) is 0 Å². The summed E-state index contributed by atoms with van der Waals surface area (Å²) < 4.78 is 0. The Hall–Kier alpha value is -1.69. The van der Waals surface area contributed by atoms with E-state index >= 15 is 0 Å². The predicted molar refractivity (Wildman–Crippen MR) is 67.6 cm³/mol. The van der Waals surface area contributed by atoms with Crippen molar-refractivity contribution in [3.8, 4) is 0 Å². The van der Waals surface area contributed by atoms with Crippen molar-refractivity contribution in [2.75, 3.05) is 5.32 Å². The lowest BCUT2D eigenvalue weighted by molar-refractivity contribution is 0.0690. The number of nitrogens with zero attached hydrogens (tertiary/aromatic N) is 2. The van der Waals surface area contributed by atoms with Gasteiger partial charge in [0.05, 0.1) is 0 Å². The monoisotopic (exact) mass is 250 g/mol. The van der Waals surface area contributed by atoms with Crippen LogP contribution in [0, 0.1) is 6.92 Å². The first-order valence-corrected chi connectivity index (χ1v) is 6.17. The van der Waals surface area contributed by atoms with Crippen LogP contribution in [0.5, 0.6) is 0 Å². The third-order valence-corrected chi connectivity index (χ3v) is 3.21. The summed E-state index contributed by atoms with van der Waals surface area (Å²) in [5.74, 6) is -0.689. The van der Waals surface area contributed by atoms with Gasteiger partial charge in [-0.2, -0.15) is 0 Å². The summed E-state index contributed by atoms with van der Waals surface area (Å²) in [6, 6.07) is 1.66. The zero-order valence-corrected chi connectivity index (χ0v) is 10.4. The van der Waals surface area contributed by atoms with Gasteiger partial charge in [0.2, 0.25) is 5.95 Å². The summed E-state index contributed by atoms with van der Waals surface area (Å²) in [6.45, 7) is 1.75. The average molecular weight is 250 g/mol. The summed E-state index contributed by atoms with van der Waals surface area (Å²) in [5.41, 5.74) is 6.67. The van der Waals surface area contributed by atoms with Gasteiger partial charge in [0.25, 0.3) is 0 Å². The molecule has 0 aliphatic heterocycles. The Kier molecular flexibility index (Phi) is 3.76. The van der Waals surface area contributed by atoms with Crippen molar-refractivity contribution in [2.45, 2.75) is 44.7 Å². The highest BCUT2D eigenvalue weighted by atomic mass is 16.4. The van der Waals surface area contributed by atoms with Crippen molar-refractivity contribution in [3.63, 3.8) is 0 Å². The van der Waals surface area contributed by atoms with Crippen molar-refractivity contribution in [2.24, 2.45) is 5.73 Å². The van der Waals surface area contributed by atoms with Crippen LogP contribution in [-0.4, -0.2) is 33.1 Å². The van der Waals surface area contributed by atoms with E-state index in [-0.39, 0.29) is 17.8 Å². The minimum Gasteiger partial charge on any atom is -0.477 e. The molecule has 2 unspecified atom stereocenters. The van der Waals surface area contributed by atoms with Gasteiger partial charge >= 0.3 is 5.97 Å². The first kappa shape index (κ1) is 12.8. The van der Waals surface area contributed by atoms with Crippen LogP contribution in [0.1, 0.15) is 41.9 Å². The summed E-state index contributed by atoms with van der Waals surface area (Å²) in [6.07, 6.45) is 4.23. The van der Waals surface area contributed by atoms with E-state index in [0.29, 0.717) is 11.6 Å². The fraction of sp³-hybridized carbons (Fsp3) is 0.583. The number of hydrogen-bond donors (Lipinski definition) is 3. The molecule has 18 heavy (non-hydrogen) atoms. The lowest BCUT2D eigenvalue weighted by atomic mass is 9.91. The van der Waals surface area contributed by atoms with E-state index in [1.165, 1.54) is 6.07 Å². The maximum atomic E-state index is 10.9. The number of aromatic carboxylic acids is 1. The first-order chi connectivity index (χ1) is 8.56. The van der Waals surface area contributed by atoms with Crippen LogP contribution in [0.25, 0.3) is 0 Å². The molecule has 1 saturated carbocycles. The minimum atomic E-state index is -1.04. The predicted octanol–water partition coefficient (Wildman–Crippen LogP) is 1.17. The van der Waals surface area contributed by atoms with E-state index in [9.17, 15) is 4.79 Å². The molecular weight excluding hydrogens is 232 g/mol. The van der Waals surface area contributed by atoms with Crippen molar-refractivity contribution < 1.29 is 9.90 Å². The smallest absolute Gasteiger partial charge is 0.354 e. The number of hydrogen-bond acceptors (Lipinski definition) is 5. The number of rotatable bonds is 3. The molecule has 6 nitrogen and oxygen atoms in total. The molecule has 98 valence electrons. The highest BCUT2D eigenvalue weighted by molar-refractivity contribution is 5.85. The van der Waals surface area contributed by atoms with Crippen molar-refractivity contribution in [3.05, 3.63) is 17.5 Å². The fourth-order valence-corrected chi connectivity index (χ4v) is 2.25. The first-order valence-electron chi connectivity index (χ1n) is 6.17. The van der Waals surface area contributed by atoms with Gasteiger partial charge in [-0.1, -0.05) is 12.8 Å². The Labute approximate surface area is 106 Å². The molecule has 0 amide bonds. The number of nitrogens with two attached hydrogens (primary N) is 1. The van der Waals surface area contributed by atoms with Crippen molar-refractivity contribution in [1.82, 2.24) is 9.97 Å². The van der Waals surface area contributed by atoms with E-state index in [2.05, 4.69) is 15.3 Å². The summed E-state index contributed by atoms with van der Waals surface area (Å²) >= 11 is 0. The highest BCUT2D eigenvalue weighted by Gasteiger charge is 2.22. The molecule has 1 aromatic rings. The van der Waals surface area contributed by atoms with E-state index < -0.39 is 5.97 Å². The van der Waals surface area contributed by atoms with E-state index in [4.69, 9.17) is 10.8 Å². The normalized spacial score (nSPS) is 23.7. The van der Waals surface area contributed by atoms with Gasteiger partial charge in [-0.05, 0) is 25.8 Å². The van der Waals surface area contributed by atoms with Crippen LogP contribution in [-0.2, 0) is 0 Å². The number of anilines is 1. The number of aryl methyl sites for hydroxylation is 1. The van der Waals surface area contributed by atoms with E-state index in [0.717, 1.165) is 25.7 Å². The van der Waals surface area contributed by atoms with Crippen LogP contribution < -0.4 is 11.1 Å². The van der Waals surface area contributed by atoms with Crippen LogP contribution in [0.15, 0.2) is 6.07 Å². The molecule has 0 aromatic carbocycles. The Balaban J connectivity index is 2.15. The molecule has 2 rings (SSSR count). The maximum absolute atomic E-state index is 10.9. The molecule has 0 saturated heterocycles. The van der Waals surface area contributed by atoms with Gasteiger partial charge < -0.3 is 16.2 Å². The molecular formula is C12H18N4O2. The van der Waals surface area contributed by atoms with Gasteiger partial charge in [-0.3, -0.25) is 0 Å². The molecule has 6 heteroatoms. The molecule has 2 atom stereocenters. The van der Waals surface area contributed by atoms with Crippen molar-refractivity contribution in [1.29, 1.82) is 0 Å². The Morgan fingerprint density at radius 3 is 2.83 bits per heavy atom. The zero-order valence-electron chi connectivity index (χ0n) is 10.4. The average Bonchev–Trinajstić information content (AvgIpc) is 2.31. The molecule has 1 aromatic heterocycles. The minimum absolute atomic E-state index is 0.00869. The molecule has 4 N–H and O–H groups in total. The largest absolute Gasteiger partial charge is 0.477 e. The SMILES string of the molecule is Cc1cc(C(=O)O)nc(NC2CCCCC2N)n1. The Morgan fingerprint density at radius 1 is 1.44 bits per heavy atom. The fourth-order valence-electron chi connectivity index (χ4n) is 2.25. The van der Waals surface area contributed by atoms with Crippen LogP contribution in [0.4, 0.5) is 5.95 Å². The van der Waals surface area contributed by atoms with Gasteiger partial charge in [0.15, 0.2) is 5.69 Å². The third kappa shape index (κ3) is 2.95. The number of carboxylic acid groups (broad SMARTS) is 1. The number of carboxylic acids is 1. The molecule has 1 aliphatic carbocycles. The van der Waals surface area contributed by atoms with Crippen LogP contribution >= 0.6 is 0 Å². The molecule has 1 aliphatic rings. The van der Waals surface area contributed by atoms with Gasteiger partial charge in [0.1, 0.15) is 0 Å². The second kappa shape index (κ2) is 5.30. The molecule has 1 heterocycles. The second-order valence-corrected chi connectivity index (χ2v) is 4.72. The maximum Gasteiger partial charge on any atom is 0.354 e. The van der Waals surface area contributed by atoms with E-state index in [1.807, 2.05) is 0 Å². The summed E-state index contributed by atoms with van der Waals surface area (Å²) in [5, 5.41) is 12.1. The second-order valence-electron chi connectivity index (χ2n) is 4.72. The lowest BCUT2D eigenvalue weighted by Gasteiger charge is -2.29. The molecule has 0 spiro atoms. The zero-order chi connectivity index (χ0) is 13.1. The molecule has 0 radical (unpaired) electrons. The van der Waals surface area contributed by atoms with Gasteiger partial charge in [-0.15, -0.1) is 0 Å². The van der Waals surface area contributed by atoms with Gasteiger partial charge in [-0.25, -0.2) is 14.8 Å². The molecule has 1 fully saturated rings. The highest BCUT2D eigenvalue weighted by Crippen LogP contribution is 2.19. The van der Waals surface area contributed by atoms with E-state index in [1.54, 1.807) is 6.92 Å². The number of aromatic nitrogens is 2. The molecule has 0 bridgehead atoms. The Morgan fingerprint density at radius 2 is 2.17 bits per heavy atom.